The van der Waals surface area contributed by atoms with E-state index in [1.165, 1.54) is 5.82 Å². The molecule has 0 spiro atoms. The third-order valence-corrected chi connectivity index (χ3v) is 2.00. The molecule has 0 saturated carbocycles. The number of aromatic nitrogens is 2. The van der Waals surface area contributed by atoms with Crippen molar-refractivity contribution in [2.45, 2.75) is 20.0 Å². The van der Waals surface area contributed by atoms with E-state index in [0.717, 1.165) is 13.1 Å². The van der Waals surface area contributed by atoms with Gasteiger partial charge in [-0.1, -0.05) is 0 Å². The van der Waals surface area contributed by atoms with Crippen molar-refractivity contribution in [3.05, 3.63) is 18.2 Å². The van der Waals surface area contributed by atoms with Crippen LogP contribution in [0.3, 0.4) is 0 Å². The molecule has 100 valence electrons. The lowest BCUT2D eigenvalue weighted by atomic mass is 10.3. The molecule has 1 heterocycles. The Morgan fingerprint density at radius 3 is 2.18 bits per heavy atom. The lowest BCUT2D eigenvalue weighted by molar-refractivity contribution is -0.700. The fourth-order valence-electron chi connectivity index (χ4n) is 1.29. The fourth-order valence-corrected chi connectivity index (χ4v) is 1.29. The lowest BCUT2D eigenvalue weighted by Gasteiger charge is -1.97. The second kappa shape index (κ2) is 7.28. The van der Waals surface area contributed by atoms with Gasteiger partial charge in [-0.2, -0.15) is 0 Å². The zero-order valence-corrected chi connectivity index (χ0v) is 9.62. The van der Waals surface area contributed by atoms with Crippen molar-refractivity contribution in [1.82, 2.24) is 4.57 Å². The standard InChI is InChI=1S/C8H17N4.BF4/c1-8-11(4-2-9)6-7-12(8)5-3-10;2-1(3,4)5/h6-7H,2-5,9-10H2,1H3;/q+1;-1. The van der Waals surface area contributed by atoms with Crippen molar-refractivity contribution < 1.29 is 21.8 Å². The van der Waals surface area contributed by atoms with E-state index in [-0.39, 0.29) is 0 Å². The number of imidazole rings is 1. The summed E-state index contributed by atoms with van der Waals surface area (Å²) in [7, 11) is -6.00. The Morgan fingerprint density at radius 2 is 1.76 bits per heavy atom. The molecular weight excluding hydrogens is 239 g/mol. The van der Waals surface area contributed by atoms with Crippen molar-refractivity contribution in [3.8, 4) is 0 Å². The minimum atomic E-state index is -6.00. The predicted molar refractivity (Wildman–Crippen MR) is 57.7 cm³/mol. The van der Waals surface area contributed by atoms with E-state index in [0.29, 0.717) is 13.1 Å². The number of halogens is 4. The first-order valence-corrected chi connectivity index (χ1v) is 5.12. The maximum atomic E-state index is 9.75. The van der Waals surface area contributed by atoms with Gasteiger partial charge >= 0.3 is 7.25 Å². The molecule has 0 amide bonds. The Hall–Kier alpha value is -1.09. The summed E-state index contributed by atoms with van der Waals surface area (Å²) in [6.45, 7) is 5.19. The number of hydrogen-bond acceptors (Lipinski definition) is 2. The zero-order chi connectivity index (χ0) is 13.5. The maximum absolute atomic E-state index is 9.75. The monoisotopic (exact) mass is 256 g/mol. The molecule has 17 heavy (non-hydrogen) atoms. The molecule has 4 N–H and O–H groups in total. The molecule has 0 aliphatic carbocycles. The van der Waals surface area contributed by atoms with Crippen molar-refractivity contribution in [2.24, 2.45) is 11.5 Å². The van der Waals surface area contributed by atoms with Gasteiger partial charge in [-0.15, -0.1) is 0 Å². The number of rotatable bonds is 4. The largest absolute Gasteiger partial charge is 0.673 e. The molecule has 4 nitrogen and oxygen atoms in total. The van der Waals surface area contributed by atoms with Crippen LogP contribution in [-0.4, -0.2) is 24.9 Å². The van der Waals surface area contributed by atoms with Crippen LogP contribution in [0.25, 0.3) is 0 Å². The normalized spacial score (nSPS) is 11.0. The molecule has 0 fully saturated rings. The Balaban J connectivity index is 0.000000437. The van der Waals surface area contributed by atoms with E-state index in [4.69, 9.17) is 11.5 Å². The van der Waals surface area contributed by atoms with E-state index >= 15 is 0 Å². The summed E-state index contributed by atoms with van der Waals surface area (Å²) in [5, 5.41) is 0. The van der Waals surface area contributed by atoms with Gasteiger partial charge in [-0.25, -0.2) is 9.13 Å². The average molecular weight is 256 g/mol. The Morgan fingerprint density at radius 1 is 1.24 bits per heavy atom. The molecule has 0 unspecified atom stereocenters. The van der Waals surface area contributed by atoms with Crippen LogP contribution in [0.15, 0.2) is 12.4 Å². The molecule has 0 aromatic carbocycles. The third kappa shape index (κ3) is 7.75. The first kappa shape index (κ1) is 15.9. The highest BCUT2D eigenvalue weighted by Gasteiger charge is 2.20. The van der Waals surface area contributed by atoms with Gasteiger partial charge in [-0.3, -0.25) is 0 Å². The van der Waals surface area contributed by atoms with Gasteiger partial charge in [0.05, 0.1) is 0 Å². The summed E-state index contributed by atoms with van der Waals surface area (Å²) in [5.74, 6) is 1.21. The molecule has 1 rings (SSSR count). The van der Waals surface area contributed by atoms with Crippen LogP contribution in [-0.2, 0) is 13.1 Å². The van der Waals surface area contributed by atoms with Crippen LogP contribution >= 0.6 is 0 Å². The number of hydrogen-bond donors (Lipinski definition) is 2. The van der Waals surface area contributed by atoms with E-state index in [9.17, 15) is 17.3 Å². The second-order valence-corrected chi connectivity index (χ2v) is 3.30. The molecule has 1 aromatic rings. The topological polar surface area (TPSA) is 60.8 Å². The van der Waals surface area contributed by atoms with E-state index < -0.39 is 7.25 Å². The van der Waals surface area contributed by atoms with Crippen molar-refractivity contribution in [1.29, 1.82) is 0 Å². The molecule has 0 radical (unpaired) electrons. The van der Waals surface area contributed by atoms with Crippen molar-refractivity contribution in [3.63, 3.8) is 0 Å². The van der Waals surface area contributed by atoms with Crippen LogP contribution < -0.4 is 16.0 Å². The quantitative estimate of drug-likeness (QED) is 0.462. The molecule has 0 aliphatic heterocycles. The lowest BCUT2D eigenvalue weighted by Crippen LogP contribution is -2.39. The average Bonchev–Trinajstić information content (AvgIpc) is 2.49. The molecule has 0 saturated heterocycles. The molecular formula is C8H17BF4N4. The summed E-state index contributed by atoms with van der Waals surface area (Å²) < 4.78 is 43.3. The van der Waals surface area contributed by atoms with Gasteiger partial charge in [-0.05, 0) is 0 Å². The third-order valence-electron chi connectivity index (χ3n) is 2.00. The molecule has 0 atom stereocenters. The number of nitrogens with two attached hydrogens (primary N) is 2. The highest BCUT2D eigenvalue weighted by atomic mass is 19.5. The summed E-state index contributed by atoms with van der Waals surface area (Å²) in [6, 6.07) is 0. The summed E-state index contributed by atoms with van der Waals surface area (Å²) in [4.78, 5) is 0. The first-order valence-electron chi connectivity index (χ1n) is 5.12. The van der Waals surface area contributed by atoms with Crippen molar-refractivity contribution >= 4 is 7.25 Å². The van der Waals surface area contributed by atoms with Gasteiger partial charge in [0.25, 0.3) is 5.82 Å². The van der Waals surface area contributed by atoms with Crippen LogP contribution in [0.1, 0.15) is 5.82 Å². The van der Waals surface area contributed by atoms with E-state index in [2.05, 4.69) is 16.1 Å². The molecule has 1 aromatic heterocycles. The maximum Gasteiger partial charge on any atom is 0.673 e. The summed E-state index contributed by atoms with van der Waals surface area (Å²) in [6.07, 6.45) is 4.08. The molecule has 0 bridgehead atoms. The highest BCUT2D eigenvalue weighted by Crippen LogP contribution is 2.06. The Bertz CT molecular complexity index is 296. The van der Waals surface area contributed by atoms with Crippen molar-refractivity contribution in [2.75, 3.05) is 13.1 Å². The zero-order valence-electron chi connectivity index (χ0n) is 9.62. The summed E-state index contributed by atoms with van der Waals surface area (Å²) in [5.41, 5.74) is 10.9. The fraction of sp³-hybridized carbons (Fsp3) is 0.625. The van der Waals surface area contributed by atoms with Crippen LogP contribution in [0, 0.1) is 6.92 Å². The van der Waals surface area contributed by atoms with Gasteiger partial charge in [0.2, 0.25) is 0 Å². The molecule has 0 aliphatic rings. The minimum absolute atomic E-state index is 0.679. The first-order chi connectivity index (χ1) is 7.79. The molecule has 9 heteroatoms. The van der Waals surface area contributed by atoms with Gasteiger partial charge in [0.1, 0.15) is 25.5 Å². The minimum Gasteiger partial charge on any atom is -0.418 e. The van der Waals surface area contributed by atoms with E-state index in [1.807, 2.05) is 12.4 Å². The van der Waals surface area contributed by atoms with Crippen LogP contribution in [0.2, 0.25) is 0 Å². The predicted octanol–water partition coefficient (Wildman–Crippen LogP) is 0.301. The van der Waals surface area contributed by atoms with Gasteiger partial charge < -0.3 is 28.7 Å². The number of nitrogens with zero attached hydrogens (tertiary/aromatic N) is 2. The SMILES string of the molecule is Cc1n(CCN)cc[n+]1CCN.F[B-](F)(F)F. The summed E-state index contributed by atoms with van der Waals surface area (Å²) >= 11 is 0. The van der Waals surface area contributed by atoms with Crippen LogP contribution in [0.5, 0.6) is 0 Å². The smallest absolute Gasteiger partial charge is 0.418 e. The highest BCUT2D eigenvalue weighted by molar-refractivity contribution is 6.50. The van der Waals surface area contributed by atoms with Gasteiger partial charge in [0.15, 0.2) is 0 Å². The second-order valence-electron chi connectivity index (χ2n) is 3.30. The Labute approximate surface area is 97.3 Å². The van der Waals surface area contributed by atoms with Crippen LogP contribution in [0.4, 0.5) is 17.3 Å². The Kier molecular flexibility index (Phi) is 6.82. The van der Waals surface area contributed by atoms with E-state index in [1.54, 1.807) is 0 Å². The van der Waals surface area contributed by atoms with Gasteiger partial charge in [0, 0.05) is 20.0 Å².